The van der Waals surface area contributed by atoms with Crippen molar-refractivity contribution in [1.82, 2.24) is 0 Å². The fourth-order valence-electron chi connectivity index (χ4n) is 5.20. The van der Waals surface area contributed by atoms with Crippen molar-refractivity contribution < 1.29 is 19.4 Å². The molecule has 0 heterocycles. The average molecular weight is 444 g/mol. The van der Waals surface area contributed by atoms with Crippen molar-refractivity contribution in [3.63, 3.8) is 0 Å². The number of carbonyl (C=O) groups excluding carboxylic acids is 1. The minimum Gasteiger partial charge on any atom is -0.482 e. The Morgan fingerprint density at radius 2 is 1.67 bits per heavy atom. The van der Waals surface area contributed by atoms with Gasteiger partial charge in [0.2, 0.25) is 5.91 Å². The summed E-state index contributed by atoms with van der Waals surface area (Å²) >= 11 is 0. The summed E-state index contributed by atoms with van der Waals surface area (Å²) in [5.41, 5.74) is 10.4. The molecule has 0 spiro atoms. The van der Waals surface area contributed by atoms with Gasteiger partial charge in [-0.25, -0.2) is 4.79 Å². The van der Waals surface area contributed by atoms with E-state index in [1.54, 1.807) is 0 Å². The summed E-state index contributed by atoms with van der Waals surface area (Å²) in [6.45, 7) is -0.388. The molecule has 3 aromatic carbocycles. The van der Waals surface area contributed by atoms with Crippen molar-refractivity contribution >= 4 is 11.9 Å². The lowest BCUT2D eigenvalue weighted by Gasteiger charge is -2.36. The maximum atomic E-state index is 13.0. The molecule has 0 aliphatic heterocycles. The van der Waals surface area contributed by atoms with Gasteiger partial charge in [-0.2, -0.15) is 0 Å². The average Bonchev–Trinajstić information content (AvgIpc) is 2.83. The molecule has 0 fully saturated rings. The Kier molecular flexibility index (Phi) is 7.08. The first-order chi connectivity index (χ1) is 16.0. The molecule has 4 rings (SSSR count). The van der Waals surface area contributed by atoms with Crippen LogP contribution in [0, 0.1) is 5.92 Å². The predicted molar refractivity (Wildman–Crippen MR) is 127 cm³/mol. The third-order valence-corrected chi connectivity index (χ3v) is 6.58. The highest BCUT2D eigenvalue weighted by Crippen LogP contribution is 2.46. The van der Waals surface area contributed by atoms with Crippen molar-refractivity contribution in [2.45, 2.75) is 37.5 Å². The van der Waals surface area contributed by atoms with Crippen LogP contribution in [0.3, 0.4) is 0 Å². The molecule has 5 nitrogen and oxygen atoms in total. The standard InChI is InChI=1S/C28H29NO4/c29-28(32)27(24(20-11-5-2-6-12-20)17-19-9-3-1-4-10-19)23-15-7-14-22-21(23)13-8-16-25(22)33-18-26(30)31/h1-6,8-13,16,23-24,27H,7,14-15,17-18H2,(H2,29,32)(H,30,31). The maximum absolute atomic E-state index is 13.0. The second kappa shape index (κ2) is 10.3. The number of carbonyl (C=O) groups is 2. The zero-order valence-corrected chi connectivity index (χ0v) is 18.5. The van der Waals surface area contributed by atoms with Crippen LogP contribution in [0.4, 0.5) is 0 Å². The second-order valence-electron chi connectivity index (χ2n) is 8.64. The van der Waals surface area contributed by atoms with Gasteiger partial charge in [0.05, 0.1) is 5.92 Å². The molecule has 0 saturated carbocycles. The number of benzene rings is 3. The lowest BCUT2D eigenvalue weighted by molar-refractivity contribution is -0.139. The first-order valence-electron chi connectivity index (χ1n) is 11.4. The predicted octanol–water partition coefficient (Wildman–Crippen LogP) is 4.70. The Labute approximate surface area is 194 Å². The summed E-state index contributed by atoms with van der Waals surface area (Å²) in [6, 6.07) is 26.0. The van der Waals surface area contributed by atoms with Crippen LogP contribution in [-0.4, -0.2) is 23.6 Å². The first-order valence-corrected chi connectivity index (χ1v) is 11.4. The van der Waals surface area contributed by atoms with Crippen molar-refractivity contribution in [1.29, 1.82) is 0 Å². The molecule has 0 radical (unpaired) electrons. The minimum absolute atomic E-state index is 0.0615. The topological polar surface area (TPSA) is 89.6 Å². The number of amides is 1. The van der Waals surface area contributed by atoms with E-state index in [-0.39, 0.29) is 24.3 Å². The van der Waals surface area contributed by atoms with Crippen LogP contribution in [0.5, 0.6) is 5.75 Å². The Bertz CT molecular complexity index is 1100. The number of carboxylic acid groups (broad SMARTS) is 1. The van der Waals surface area contributed by atoms with Crippen LogP contribution in [0.2, 0.25) is 0 Å². The molecule has 3 atom stereocenters. The van der Waals surface area contributed by atoms with Gasteiger partial charge >= 0.3 is 5.97 Å². The molecule has 33 heavy (non-hydrogen) atoms. The van der Waals surface area contributed by atoms with E-state index >= 15 is 0 Å². The molecule has 0 saturated heterocycles. The summed E-state index contributed by atoms with van der Waals surface area (Å²) in [5, 5.41) is 9.04. The Hall–Kier alpha value is -3.60. The molecule has 3 aromatic rings. The smallest absolute Gasteiger partial charge is 0.341 e. The van der Waals surface area contributed by atoms with Gasteiger partial charge in [-0.15, -0.1) is 0 Å². The van der Waals surface area contributed by atoms with E-state index in [2.05, 4.69) is 24.3 Å². The molecular weight excluding hydrogens is 414 g/mol. The van der Waals surface area contributed by atoms with E-state index in [1.165, 1.54) is 0 Å². The van der Waals surface area contributed by atoms with E-state index in [0.717, 1.165) is 41.5 Å². The van der Waals surface area contributed by atoms with Crippen molar-refractivity contribution in [2.75, 3.05) is 6.61 Å². The number of ether oxygens (including phenoxy) is 1. The molecule has 170 valence electrons. The van der Waals surface area contributed by atoms with E-state index < -0.39 is 11.9 Å². The highest BCUT2D eigenvalue weighted by molar-refractivity contribution is 5.79. The van der Waals surface area contributed by atoms with E-state index in [9.17, 15) is 9.59 Å². The number of carboxylic acids is 1. The monoisotopic (exact) mass is 443 g/mol. The van der Waals surface area contributed by atoms with E-state index in [4.69, 9.17) is 15.6 Å². The summed E-state index contributed by atoms with van der Waals surface area (Å²) in [6.07, 6.45) is 3.24. The zero-order valence-electron chi connectivity index (χ0n) is 18.5. The van der Waals surface area contributed by atoms with Crippen molar-refractivity contribution in [2.24, 2.45) is 11.7 Å². The number of rotatable bonds is 9. The summed E-state index contributed by atoms with van der Waals surface area (Å²) in [7, 11) is 0. The number of nitrogens with two attached hydrogens (primary N) is 1. The highest BCUT2D eigenvalue weighted by atomic mass is 16.5. The Morgan fingerprint density at radius 3 is 2.33 bits per heavy atom. The molecule has 1 aliphatic rings. The van der Waals surface area contributed by atoms with Gasteiger partial charge in [0.25, 0.3) is 0 Å². The van der Waals surface area contributed by atoms with Gasteiger partial charge in [-0.1, -0.05) is 72.8 Å². The zero-order chi connectivity index (χ0) is 23.2. The third kappa shape index (κ3) is 5.25. The maximum Gasteiger partial charge on any atom is 0.341 e. The number of hydrogen-bond donors (Lipinski definition) is 2. The molecule has 3 unspecified atom stereocenters. The quantitative estimate of drug-likeness (QED) is 0.502. The number of hydrogen-bond acceptors (Lipinski definition) is 3. The number of fused-ring (bicyclic) bond motifs is 1. The Balaban J connectivity index is 1.75. The van der Waals surface area contributed by atoms with Gasteiger partial charge in [0.1, 0.15) is 5.75 Å². The summed E-state index contributed by atoms with van der Waals surface area (Å²) < 4.78 is 5.58. The van der Waals surface area contributed by atoms with Crippen LogP contribution in [0.1, 0.15) is 46.9 Å². The normalized spacial score (nSPS) is 16.9. The summed E-state index contributed by atoms with van der Waals surface area (Å²) in [5.74, 6) is -1.28. The van der Waals surface area contributed by atoms with Crippen LogP contribution >= 0.6 is 0 Å². The van der Waals surface area contributed by atoms with Gasteiger partial charge in [0, 0.05) is 5.92 Å². The minimum atomic E-state index is -1.01. The van der Waals surface area contributed by atoms with Gasteiger partial charge in [-0.3, -0.25) is 4.79 Å². The SMILES string of the molecule is NC(=O)C(C(Cc1ccccc1)c1ccccc1)C1CCCc2c(OCC(=O)O)cccc21. The largest absolute Gasteiger partial charge is 0.482 e. The number of aliphatic carboxylic acids is 1. The van der Waals surface area contributed by atoms with Crippen molar-refractivity contribution in [3.8, 4) is 5.75 Å². The van der Waals surface area contributed by atoms with Crippen LogP contribution in [0.15, 0.2) is 78.9 Å². The lowest BCUT2D eigenvalue weighted by atomic mass is 9.67. The lowest BCUT2D eigenvalue weighted by Crippen LogP contribution is -2.36. The molecule has 1 aliphatic carbocycles. The van der Waals surface area contributed by atoms with Crippen LogP contribution < -0.4 is 10.5 Å². The third-order valence-electron chi connectivity index (χ3n) is 6.58. The van der Waals surface area contributed by atoms with Crippen LogP contribution in [-0.2, 0) is 22.4 Å². The fraction of sp³-hybridized carbons (Fsp3) is 0.286. The van der Waals surface area contributed by atoms with Gasteiger partial charge in [0.15, 0.2) is 6.61 Å². The van der Waals surface area contributed by atoms with E-state index in [0.29, 0.717) is 12.2 Å². The molecule has 0 bridgehead atoms. The number of primary amides is 1. The van der Waals surface area contributed by atoms with Crippen molar-refractivity contribution in [3.05, 3.63) is 101 Å². The Morgan fingerprint density at radius 1 is 0.970 bits per heavy atom. The van der Waals surface area contributed by atoms with E-state index in [1.807, 2.05) is 54.6 Å². The molecular formula is C28H29NO4. The second-order valence-corrected chi connectivity index (χ2v) is 8.64. The van der Waals surface area contributed by atoms with Gasteiger partial charge in [-0.05, 0) is 59.9 Å². The van der Waals surface area contributed by atoms with Crippen LogP contribution in [0.25, 0.3) is 0 Å². The molecule has 1 amide bonds. The summed E-state index contributed by atoms with van der Waals surface area (Å²) in [4.78, 5) is 24.1. The molecule has 0 aromatic heterocycles. The highest BCUT2D eigenvalue weighted by Gasteiger charge is 2.38. The first kappa shape index (κ1) is 22.6. The molecule has 3 N–H and O–H groups in total. The fourth-order valence-corrected chi connectivity index (χ4v) is 5.20. The van der Waals surface area contributed by atoms with Gasteiger partial charge < -0.3 is 15.6 Å². The molecule has 5 heteroatoms.